The maximum Gasteiger partial charge on any atom is 0.341 e. The number of carbonyl (C=O) groups excluding carboxylic acids is 1. The summed E-state index contributed by atoms with van der Waals surface area (Å²) in [5, 5.41) is 0. The van der Waals surface area contributed by atoms with Crippen LogP contribution in [0.1, 0.15) is 15.9 Å². The molecule has 0 unspecified atom stereocenters. The van der Waals surface area contributed by atoms with E-state index in [1.807, 2.05) is 0 Å². The molecule has 16 heavy (non-hydrogen) atoms. The monoisotopic (exact) mass is 288 g/mol. The van der Waals surface area contributed by atoms with E-state index in [1.54, 1.807) is 19.2 Å². The summed E-state index contributed by atoms with van der Waals surface area (Å²) in [4.78, 5) is 11.5. The third-order valence-electron chi connectivity index (χ3n) is 2.07. The highest BCUT2D eigenvalue weighted by Gasteiger charge is 2.15. The topological polar surface area (TPSA) is 44.8 Å². The molecule has 0 N–H and O–H groups in total. The smallest absolute Gasteiger partial charge is 0.341 e. The number of carbonyl (C=O) groups is 1. The van der Waals surface area contributed by atoms with Gasteiger partial charge in [0.05, 0.1) is 20.8 Å². The normalized spacial score (nSPS) is 10.0. The minimum absolute atomic E-state index is 0.386. The van der Waals surface area contributed by atoms with Crippen molar-refractivity contribution >= 4 is 21.9 Å². The Morgan fingerprint density at radius 2 is 2.00 bits per heavy atom. The molecule has 0 saturated heterocycles. The van der Waals surface area contributed by atoms with Crippen LogP contribution in [0, 0.1) is 0 Å². The predicted molar refractivity (Wildman–Crippen MR) is 62.7 cm³/mol. The van der Waals surface area contributed by atoms with Gasteiger partial charge in [-0.3, -0.25) is 0 Å². The summed E-state index contributed by atoms with van der Waals surface area (Å²) in [6.07, 6.45) is 0. The van der Waals surface area contributed by atoms with Gasteiger partial charge >= 0.3 is 5.97 Å². The summed E-state index contributed by atoms with van der Waals surface area (Å²) in [7, 11) is 4.44. The average Bonchev–Trinajstić information content (AvgIpc) is 2.30. The predicted octanol–water partition coefficient (Wildman–Crippen LogP) is 2.39. The van der Waals surface area contributed by atoms with Crippen LogP contribution in [0.4, 0.5) is 0 Å². The van der Waals surface area contributed by atoms with Gasteiger partial charge in [0.2, 0.25) is 0 Å². The van der Waals surface area contributed by atoms with Crippen LogP contribution in [0.25, 0.3) is 0 Å². The number of halogens is 1. The molecule has 0 aliphatic heterocycles. The van der Waals surface area contributed by atoms with E-state index in [0.717, 1.165) is 10.0 Å². The first-order valence-corrected chi connectivity index (χ1v) is 5.37. The molecule has 0 spiro atoms. The molecule has 1 aromatic carbocycles. The molecule has 88 valence electrons. The number of benzene rings is 1. The van der Waals surface area contributed by atoms with E-state index in [0.29, 0.717) is 17.9 Å². The summed E-state index contributed by atoms with van der Waals surface area (Å²) in [5.74, 6) is 0.0450. The van der Waals surface area contributed by atoms with E-state index >= 15 is 0 Å². The first-order valence-electron chi connectivity index (χ1n) is 4.57. The lowest BCUT2D eigenvalue weighted by Gasteiger charge is -2.11. The molecule has 0 fully saturated rings. The van der Waals surface area contributed by atoms with Gasteiger partial charge in [-0.2, -0.15) is 0 Å². The number of ether oxygens (including phenoxy) is 3. The van der Waals surface area contributed by atoms with Crippen molar-refractivity contribution in [3.05, 3.63) is 27.7 Å². The fourth-order valence-electron chi connectivity index (χ4n) is 1.30. The SMILES string of the molecule is COCc1cc(OC)c(C(=O)OC)cc1Br. The number of hydrogen-bond donors (Lipinski definition) is 0. The van der Waals surface area contributed by atoms with Crippen molar-refractivity contribution in [2.24, 2.45) is 0 Å². The van der Waals surface area contributed by atoms with E-state index in [4.69, 9.17) is 9.47 Å². The van der Waals surface area contributed by atoms with Gasteiger partial charge in [0.1, 0.15) is 11.3 Å². The number of methoxy groups -OCH3 is 3. The summed E-state index contributed by atoms with van der Waals surface area (Å²) < 4.78 is 15.6. The highest BCUT2D eigenvalue weighted by molar-refractivity contribution is 9.10. The third-order valence-corrected chi connectivity index (χ3v) is 2.81. The van der Waals surface area contributed by atoms with Crippen molar-refractivity contribution in [1.82, 2.24) is 0 Å². The molecule has 0 saturated carbocycles. The minimum atomic E-state index is -0.429. The summed E-state index contributed by atoms with van der Waals surface area (Å²) in [6, 6.07) is 3.42. The fraction of sp³-hybridized carbons (Fsp3) is 0.364. The summed E-state index contributed by atoms with van der Waals surface area (Å²) in [6.45, 7) is 0.443. The lowest BCUT2D eigenvalue weighted by atomic mass is 10.1. The van der Waals surface area contributed by atoms with Gasteiger partial charge in [0.25, 0.3) is 0 Å². The molecular formula is C11H13BrO4. The summed E-state index contributed by atoms with van der Waals surface area (Å²) >= 11 is 3.37. The van der Waals surface area contributed by atoms with Gasteiger partial charge in [0.15, 0.2) is 0 Å². The zero-order chi connectivity index (χ0) is 12.1. The van der Waals surface area contributed by atoms with Crippen LogP contribution in [0.5, 0.6) is 5.75 Å². The molecule has 1 rings (SSSR count). The van der Waals surface area contributed by atoms with E-state index in [1.165, 1.54) is 14.2 Å². The van der Waals surface area contributed by atoms with Crippen molar-refractivity contribution < 1.29 is 19.0 Å². The van der Waals surface area contributed by atoms with Gasteiger partial charge in [-0.15, -0.1) is 0 Å². The van der Waals surface area contributed by atoms with Crippen molar-refractivity contribution in [3.63, 3.8) is 0 Å². The highest BCUT2D eigenvalue weighted by atomic mass is 79.9. The Kier molecular flexibility index (Phi) is 4.76. The van der Waals surface area contributed by atoms with Crippen molar-refractivity contribution in [1.29, 1.82) is 0 Å². The lowest BCUT2D eigenvalue weighted by molar-refractivity contribution is 0.0597. The van der Waals surface area contributed by atoms with Crippen LogP contribution in [0.2, 0.25) is 0 Å². The van der Waals surface area contributed by atoms with E-state index in [-0.39, 0.29) is 0 Å². The molecule has 0 atom stereocenters. The molecule has 0 aliphatic carbocycles. The van der Waals surface area contributed by atoms with E-state index in [9.17, 15) is 4.79 Å². The zero-order valence-electron chi connectivity index (χ0n) is 9.37. The number of hydrogen-bond acceptors (Lipinski definition) is 4. The fourth-order valence-corrected chi connectivity index (χ4v) is 1.76. The van der Waals surface area contributed by atoms with Gasteiger partial charge in [-0.1, -0.05) is 15.9 Å². The Morgan fingerprint density at radius 3 is 2.50 bits per heavy atom. The van der Waals surface area contributed by atoms with Crippen LogP contribution in [0.3, 0.4) is 0 Å². The standard InChI is InChI=1S/C11H13BrO4/c1-14-6-7-4-10(15-2)8(5-9(7)12)11(13)16-3/h4-5H,6H2,1-3H3. The van der Waals surface area contributed by atoms with Crippen LogP contribution in [-0.4, -0.2) is 27.3 Å². The Bertz CT molecular complexity index is 390. The Labute approximate surface area is 103 Å². The minimum Gasteiger partial charge on any atom is -0.496 e. The van der Waals surface area contributed by atoms with Crippen molar-refractivity contribution in [2.75, 3.05) is 21.3 Å². The second-order valence-electron chi connectivity index (χ2n) is 3.07. The number of rotatable bonds is 4. The van der Waals surface area contributed by atoms with Crippen LogP contribution in [0.15, 0.2) is 16.6 Å². The van der Waals surface area contributed by atoms with Gasteiger partial charge < -0.3 is 14.2 Å². The Hall–Kier alpha value is -1.07. The van der Waals surface area contributed by atoms with Crippen LogP contribution in [-0.2, 0) is 16.1 Å². The first kappa shape index (κ1) is 13.0. The van der Waals surface area contributed by atoms with Gasteiger partial charge in [0, 0.05) is 11.6 Å². The maximum absolute atomic E-state index is 11.5. The summed E-state index contributed by atoms with van der Waals surface area (Å²) in [5.41, 5.74) is 1.30. The molecule has 0 heterocycles. The van der Waals surface area contributed by atoms with Crippen LogP contribution < -0.4 is 4.74 Å². The average molecular weight is 289 g/mol. The third kappa shape index (κ3) is 2.74. The quantitative estimate of drug-likeness (QED) is 0.798. The van der Waals surface area contributed by atoms with Crippen LogP contribution >= 0.6 is 15.9 Å². The van der Waals surface area contributed by atoms with Gasteiger partial charge in [-0.05, 0) is 17.7 Å². The molecule has 0 bridgehead atoms. The molecule has 0 aromatic heterocycles. The van der Waals surface area contributed by atoms with Gasteiger partial charge in [-0.25, -0.2) is 4.79 Å². The second-order valence-corrected chi connectivity index (χ2v) is 3.92. The maximum atomic E-state index is 11.5. The van der Waals surface area contributed by atoms with E-state index in [2.05, 4.69) is 20.7 Å². The zero-order valence-corrected chi connectivity index (χ0v) is 11.0. The second kappa shape index (κ2) is 5.86. The Morgan fingerprint density at radius 1 is 1.31 bits per heavy atom. The van der Waals surface area contributed by atoms with Crippen molar-refractivity contribution in [3.8, 4) is 5.75 Å². The number of esters is 1. The van der Waals surface area contributed by atoms with E-state index < -0.39 is 5.97 Å². The largest absolute Gasteiger partial charge is 0.496 e. The molecule has 4 nitrogen and oxygen atoms in total. The highest BCUT2D eigenvalue weighted by Crippen LogP contribution is 2.28. The molecular weight excluding hydrogens is 276 g/mol. The molecule has 1 aromatic rings. The first-order chi connectivity index (χ1) is 7.63. The molecule has 0 radical (unpaired) electrons. The molecule has 0 amide bonds. The lowest BCUT2D eigenvalue weighted by Crippen LogP contribution is -2.05. The van der Waals surface area contributed by atoms with Crippen molar-refractivity contribution in [2.45, 2.75) is 6.61 Å². The molecule has 0 aliphatic rings. The Balaban J connectivity index is 3.20. The molecule has 5 heteroatoms.